The van der Waals surface area contributed by atoms with Crippen molar-refractivity contribution < 1.29 is 22.8 Å². The van der Waals surface area contributed by atoms with Crippen LogP contribution in [0, 0.1) is 0 Å². The predicted octanol–water partition coefficient (Wildman–Crippen LogP) is 4.20. The van der Waals surface area contributed by atoms with Crippen LogP contribution in [0.1, 0.15) is 10.4 Å². The van der Waals surface area contributed by atoms with E-state index < -0.39 is 12.1 Å². The molecule has 2 rings (SSSR count). The average molecular weight is 387 g/mol. The van der Waals surface area contributed by atoms with Gasteiger partial charge in [0.25, 0.3) is 5.91 Å². The van der Waals surface area contributed by atoms with Gasteiger partial charge in [0.15, 0.2) is 0 Å². The Morgan fingerprint density at radius 1 is 0.957 bits per heavy atom. The van der Waals surface area contributed by atoms with Crippen molar-refractivity contribution in [1.29, 1.82) is 0 Å². The maximum atomic E-state index is 12.2. The molecule has 8 heteroatoms. The summed E-state index contributed by atoms with van der Waals surface area (Å²) in [7, 11) is 0. The van der Waals surface area contributed by atoms with Gasteiger partial charge in [-0.2, -0.15) is 13.2 Å². The van der Waals surface area contributed by atoms with Gasteiger partial charge in [-0.25, -0.2) is 0 Å². The summed E-state index contributed by atoms with van der Waals surface area (Å²) in [6.45, 7) is 0. The number of alkyl halides is 3. The third-order valence-electron chi connectivity index (χ3n) is 2.77. The molecular formula is C15H10BrF3N2O2. The summed E-state index contributed by atoms with van der Waals surface area (Å²) in [5, 5.41) is 4.34. The first kappa shape index (κ1) is 17.0. The summed E-state index contributed by atoms with van der Waals surface area (Å²) in [6, 6.07) is 12.3. The minimum atomic E-state index is -4.97. The predicted molar refractivity (Wildman–Crippen MR) is 83.2 cm³/mol. The lowest BCUT2D eigenvalue weighted by Gasteiger charge is -2.11. The van der Waals surface area contributed by atoms with Gasteiger partial charge in [-0.15, -0.1) is 0 Å². The molecule has 0 aliphatic heterocycles. The Hall–Kier alpha value is -2.35. The van der Waals surface area contributed by atoms with Crippen LogP contribution in [0.3, 0.4) is 0 Å². The lowest BCUT2D eigenvalue weighted by Crippen LogP contribution is -2.29. The quantitative estimate of drug-likeness (QED) is 0.830. The number of benzene rings is 2. The van der Waals surface area contributed by atoms with E-state index in [1.54, 1.807) is 35.6 Å². The second kappa shape index (κ2) is 6.82. The largest absolute Gasteiger partial charge is 0.471 e. The maximum absolute atomic E-state index is 12.2. The molecule has 23 heavy (non-hydrogen) atoms. The highest BCUT2D eigenvalue weighted by Gasteiger charge is 2.38. The van der Waals surface area contributed by atoms with Crippen molar-refractivity contribution >= 4 is 39.1 Å². The minimum Gasteiger partial charge on any atom is -0.321 e. The summed E-state index contributed by atoms with van der Waals surface area (Å²) < 4.78 is 36.9. The summed E-state index contributed by atoms with van der Waals surface area (Å²) in [5.74, 6) is -2.43. The van der Waals surface area contributed by atoms with Crippen molar-refractivity contribution in [3.8, 4) is 0 Å². The Kier molecular flexibility index (Phi) is 5.05. The molecule has 0 bridgehead atoms. The van der Waals surface area contributed by atoms with Crippen LogP contribution in [-0.4, -0.2) is 18.0 Å². The van der Waals surface area contributed by atoms with Crippen molar-refractivity contribution in [2.75, 3.05) is 10.6 Å². The number of carbonyl (C=O) groups excluding carboxylic acids is 2. The van der Waals surface area contributed by atoms with Gasteiger partial charge in [0.1, 0.15) is 0 Å². The zero-order chi connectivity index (χ0) is 17.0. The maximum Gasteiger partial charge on any atom is 0.471 e. The molecule has 0 aliphatic carbocycles. The Balaban J connectivity index is 2.11. The van der Waals surface area contributed by atoms with E-state index in [0.717, 1.165) is 0 Å². The third kappa shape index (κ3) is 4.56. The first-order chi connectivity index (χ1) is 10.8. The van der Waals surface area contributed by atoms with E-state index in [0.29, 0.717) is 15.7 Å². The molecular weight excluding hydrogens is 377 g/mol. The number of halogens is 4. The average Bonchev–Trinajstić information content (AvgIpc) is 2.50. The molecule has 0 saturated carbocycles. The fourth-order valence-corrected chi connectivity index (χ4v) is 2.16. The van der Waals surface area contributed by atoms with E-state index in [9.17, 15) is 22.8 Å². The molecule has 0 heterocycles. The normalized spacial score (nSPS) is 11.0. The van der Waals surface area contributed by atoms with Crippen LogP contribution in [0.5, 0.6) is 0 Å². The van der Waals surface area contributed by atoms with Crippen molar-refractivity contribution in [1.82, 2.24) is 0 Å². The van der Waals surface area contributed by atoms with E-state index >= 15 is 0 Å². The SMILES string of the molecule is O=C(Nc1ccc(NC(=O)C(F)(F)F)cc1Br)c1ccccc1. The van der Waals surface area contributed by atoms with Crippen LogP contribution in [-0.2, 0) is 4.79 Å². The van der Waals surface area contributed by atoms with Gasteiger partial charge in [0.05, 0.1) is 5.69 Å². The van der Waals surface area contributed by atoms with E-state index in [1.807, 2.05) is 0 Å². The number of anilines is 2. The smallest absolute Gasteiger partial charge is 0.321 e. The van der Waals surface area contributed by atoms with Crippen LogP contribution in [0.4, 0.5) is 24.5 Å². The number of hydrogen-bond donors (Lipinski definition) is 2. The van der Waals surface area contributed by atoms with Crippen LogP contribution in [0.25, 0.3) is 0 Å². The van der Waals surface area contributed by atoms with Gasteiger partial charge in [-0.05, 0) is 46.3 Å². The van der Waals surface area contributed by atoms with E-state index in [4.69, 9.17) is 0 Å². The molecule has 2 N–H and O–H groups in total. The Labute approximate surface area is 137 Å². The summed E-state index contributed by atoms with van der Waals surface area (Å²) in [4.78, 5) is 22.9. The second-order valence-electron chi connectivity index (χ2n) is 4.47. The molecule has 120 valence electrons. The molecule has 0 saturated heterocycles. The molecule has 0 aromatic heterocycles. The van der Waals surface area contributed by atoms with Gasteiger partial charge in [0.2, 0.25) is 0 Å². The monoisotopic (exact) mass is 386 g/mol. The Morgan fingerprint density at radius 2 is 1.61 bits per heavy atom. The molecule has 0 radical (unpaired) electrons. The first-order valence-electron chi connectivity index (χ1n) is 6.31. The molecule has 0 aliphatic rings. The molecule has 4 nitrogen and oxygen atoms in total. The molecule has 0 unspecified atom stereocenters. The number of amides is 2. The molecule has 0 atom stereocenters. The highest BCUT2D eigenvalue weighted by atomic mass is 79.9. The van der Waals surface area contributed by atoms with E-state index in [-0.39, 0.29) is 11.6 Å². The standard InChI is InChI=1S/C15H10BrF3N2O2/c16-11-8-10(20-14(23)15(17,18)19)6-7-12(11)21-13(22)9-4-2-1-3-5-9/h1-8H,(H,20,23)(H,21,22). The summed E-state index contributed by atoms with van der Waals surface area (Å²) >= 11 is 3.14. The van der Waals surface area contributed by atoms with Gasteiger partial charge in [0, 0.05) is 15.7 Å². The first-order valence-corrected chi connectivity index (χ1v) is 7.11. The number of carbonyl (C=O) groups is 2. The van der Waals surface area contributed by atoms with Crippen LogP contribution < -0.4 is 10.6 Å². The Morgan fingerprint density at radius 3 is 2.17 bits per heavy atom. The second-order valence-corrected chi connectivity index (χ2v) is 5.32. The van der Waals surface area contributed by atoms with Gasteiger partial charge < -0.3 is 10.6 Å². The molecule has 2 aromatic rings. The van der Waals surface area contributed by atoms with Crippen molar-refractivity contribution in [3.63, 3.8) is 0 Å². The van der Waals surface area contributed by atoms with Gasteiger partial charge in [-0.1, -0.05) is 18.2 Å². The zero-order valence-electron chi connectivity index (χ0n) is 11.4. The van der Waals surface area contributed by atoms with Crippen molar-refractivity contribution in [2.24, 2.45) is 0 Å². The lowest BCUT2D eigenvalue weighted by atomic mass is 10.2. The topological polar surface area (TPSA) is 58.2 Å². The fraction of sp³-hybridized carbons (Fsp3) is 0.0667. The molecule has 0 fully saturated rings. The number of hydrogen-bond acceptors (Lipinski definition) is 2. The highest BCUT2D eigenvalue weighted by Crippen LogP contribution is 2.27. The zero-order valence-corrected chi connectivity index (χ0v) is 13.0. The van der Waals surface area contributed by atoms with Gasteiger partial charge >= 0.3 is 12.1 Å². The molecule has 2 aromatic carbocycles. The van der Waals surface area contributed by atoms with Crippen LogP contribution >= 0.6 is 15.9 Å². The highest BCUT2D eigenvalue weighted by molar-refractivity contribution is 9.10. The van der Waals surface area contributed by atoms with Crippen molar-refractivity contribution in [2.45, 2.75) is 6.18 Å². The van der Waals surface area contributed by atoms with Crippen LogP contribution in [0.15, 0.2) is 53.0 Å². The minimum absolute atomic E-state index is 0.0445. The number of rotatable bonds is 3. The van der Waals surface area contributed by atoms with E-state index in [2.05, 4.69) is 21.2 Å². The molecule has 0 spiro atoms. The lowest BCUT2D eigenvalue weighted by molar-refractivity contribution is -0.167. The van der Waals surface area contributed by atoms with Gasteiger partial charge in [-0.3, -0.25) is 9.59 Å². The fourth-order valence-electron chi connectivity index (χ4n) is 1.68. The number of nitrogens with one attached hydrogen (secondary N) is 2. The van der Waals surface area contributed by atoms with Crippen molar-refractivity contribution in [3.05, 3.63) is 58.6 Å². The third-order valence-corrected chi connectivity index (χ3v) is 3.42. The van der Waals surface area contributed by atoms with Crippen LogP contribution in [0.2, 0.25) is 0 Å². The summed E-state index contributed by atoms with van der Waals surface area (Å²) in [5.41, 5.74) is 0.759. The Bertz CT molecular complexity index is 733. The van der Waals surface area contributed by atoms with E-state index in [1.165, 1.54) is 18.2 Å². The summed E-state index contributed by atoms with van der Waals surface area (Å²) in [6.07, 6.45) is -4.97. The molecule has 2 amide bonds.